The first-order valence-corrected chi connectivity index (χ1v) is 9.98. The summed E-state index contributed by atoms with van der Waals surface area (Å²) in [7, 11) is -3.81. The van der Waals surface area contributed by atoms with E-state index in [1.165, 1.54) is 12.3 Å². The van der Waals surface area contributed by atoms with Crippen LogP contribution >= 0.6 is 11.6 Å². The number of sulfonamides is 1. The molecule has 0 radical (unpaired) electrons. The topological polar surface area (TPSA) is 72.0 Å². The fraction of sp³-hybridized carbons (Fsp3) is 0. The molecule has 27 heavy (non-hydrogen) atoms. The van der Waals surface area contributed by atoms with Crippen LogP contribution in [0.25, 0.3) is 22.0 Å². The molecule has 0 atom stereocenters. The molecule has 0 spiro atoms. The highest BCUT2D eigenvalue weighted by atomic mass is 35.5. The molecule has 0 aliphatic carbocycles. The third-order valence-electron chi connectivity index (χ3n) is 4.08. The molecule has 0 bridgehead atoms. The van der Waals surface area contributed by atoms with Crippen molar-refractivity contribution in [1.29, 1.82) is 0 Å². The molecule has 4 aromatic rings. The summed E-state index contributed by atoms with van der Waals surface area (Å²) in [4.78, 5) is 8.31. The van der Waals surface area contributed by atoms with Crippen molar-refractivity contribution >= 4 is 38.2 Å². The predicted molar refractivity (Wildman–Crippen MR) is 107 cm³/mol. The lowest BCUT2D eigenvalue weighted by Gasteiger charge is -2.13. The number of benzene rings is 2. The zero-order valence-corrected chi connectivity index (χ0v) is 15.6. The highest BCUT2D eigenvalue weighted by molar-refractivity contribution is 7.92. The van der Waals surface area contributed by atoms with Crippen molar-refractivity contribution in [1.82, 2.24) is 9.97 Å². The molecule has 2 aromatic carbocycles. The fourth-order valence-electron chi connectivity index (χ4n) is 2.84. The van der Waals surface area contributed by atoms with Crippen LogP contribution in [0.15, 0.2) is 84.1 Å². The first-order valence-electron chi connectivity index (χ1n) is 8.12. The van der Waals surface area contributed by atoms with Crippen LogP contribution in [-0.4, -0.2) is 18.4 Å². The molecule has 0 fully saturated rings. The number of hydrogen-bond acceptors (Lipinski definition) is 4. The molecule has 2 heterocycles. The van der Waals surface area contributed by atoms with Crippen molar-refractivity contribution < 1.29 is 8.42 Å². The summed E-state index contributed by atoms with van der Waals surface area (Å²) in [5.74, 6) is 0. The average Bonchev–Trinajstić information content (AvgIpc) is 2.70. The van der Waals surface area contributed by atoms with Gasteiger partial charge in [-0.05, 0) is 47.5 Å². The lowest BCUT2D eigenvalue weighted by Crippen LogP contribution is -2.14. The molecule has 134 valence electrons. The average molecular weight is 396 g/mol. The monoisotopic (exact) mass is 395 g/mol. The molecule has 4 rings (SSSR count). The van der Waals surface area contributed by atoms with Crippen LogP contribution < -0.4 is 4.72 Å². The van der Waals surface area contributed by atoms with E-state index >= 15 is 0 Å². The van der Waals surface area contributed by atoms with E-state index < -0.39 is 10.0 Å². The molecule has 0 unspecified atom stereocenters. The Labute approximate surface area is 161 Å². The Balaban J connectivity index is 1.82. The second-order valence-electron chi connectivity index (χ2n) is 5.84. The number of aromatic nitrogens is 2. The van der Waals surface area contributed by atoms with Crippen LogP contribution in [0.5, 0.6) is 0 Å². The maximum absolute atomic E-state index is 12.6. The fourth-order valence-corrected chi connectivity index (χ4v) is 3.98. The van der Waals surface area contributed by atoms with E-state index in [0.717, 1.165) is 16.5 Å². The molecule has 0 saturated heterocycles. The van der Waals surface area contributed by atoms with Gasteiger partial charge in [0.2, 0.25) is 0 Å². The van der Waals surface area contributed by atoms with Gasteiger partial charge in [-0.1, -0.05) is 41.9 Å². The minimum Gasteiger partial charge on any atom is -0.276 e. The second-order valence-corrected chi connectivity index (χ2v) is 7.91. The van der Waals surface area contributed by atoms with Gasteiger partial charge in [0.05, 0.1) is 11.2 Å². The molecule has 1 N–H and O–H groups in total. The second kappa shape index (κ2) is 6.98. The Morgan fingerprint density at radius 3 is 2.33 bits per heavy atom. The van der Waals surface area contributed by atoms with E-state index in [0.29, 0.717) is 16.2 Å². The van der Waals surface area contributed by atoms with Gasteiger partial charge < -0.3 is 0 Å². The summed E-state index contributed by atoms with van der Waals surface area (Å²) >= 11 is 5.98. The molecule has 7 heteroatoms. The van der Waals surface area contributed by atoms with Crippen LogP contribution in [0.4, 0.5) is 5.69 Å². The van der Waals surface area contributed by atoms with Crippen molar-refractivity contribution in [3.05, 3.63) is 84.1 Å². The van der Waals surface area contributed by atoms with Gasteiger partial charge in [-0.15, -0.1) is 0 Å². The minimum absolute atomic E-state index is 0.0455. The summed E-state index contributed by atoms with van der Waals surface area (Å²) in [5.41, 5.74) is 2.87. The lowest BCUT2D eigenvalue weighted by atomic mass is 10.00. The molecule has 0 saturated carbocycles. The predicted octanol–water partition coefficient (Wildman–Crippen LogP) is 4.75. The van der Waals surface area contributed by atoms with Crippen LogP contribution in [0.2, 0.25) is 5.02 Å². The van der Waals surface area contributed by atoms with Crippen molar-refractivity contribution in [3.8, 4) is 11.1 Å². The number of pyridine rings is 2. The Hall–Kier alpha value is -2.96. The van der Waals surface area contributed by atoms with Gasteiger partial charge >= 0.3 is 0 Å². The molecule has 0 aliphatic rings. The van der Waals surface area contributed by atoms with E-state index in [4.69, 9.17) is 11.6 Å². The Morgan fingerprint density at radius 1 is 0.815 bits per heavy atom. The number of fused-ring (bicyclic) bond motifs is 1. The van der Waals surface area contributed by atoms with Gasteiger partial charge in [-0.3, -0.25) is 9.71 Å². The summed E-state index contributed by atoms with van der Waals surface area (Å²) in [5, 5.41) is 1.44. The summed E-state index contributed by atoms with van der Waals surface area (Å²) < 4.78 is 27.8. The van der Waals surface area contributed by atoms with E-state index in [2.05, 4.69) is 14.7 Å². The standard InChI is InChI=1S/C20H14ClN3O2S/c21-15-8-6-14(7-9-15)16-10-11-18(20-17(16)4-3-13-23-20)24-27(25,26)19-5-1-2-12-22-19/h1-13,24H. The molecule has 0 amide bonds. The SMILES string of the molecule is O=S(=O)(Nc1ccc(-c2ccc(Cl)cc2)c2cccnc12)c1ccccn1. The number of halogens is 1. The van der Waals surface area contributed by atoms with Gasteiger partial charge in [0.15, 0.2) is 5.03 Å². The minimum atomic E-state index is -3.81. The quantitative estimate of drug-likeness (QED) is 0.541. The van der Waals surface area contributed by atoms with E-state index in [-0.39, 0.29) is 5.03 Å². The van der Waals surface area contributed by atoms with Gasteiger partial charge in [0.1, 0.15) is 0 Å². The van der Waals surface area contributed by atoms with Gasteiger partial charge in [-0.2, -0.15) is 8.42 Å². The van der Waals surface area contributed by atoms with Crippen molar-refractivity contribution in [2.75, 3.05) is 4.72 Å². The largest absolute Gasteiger partial charge is 0.279 e. The molecule has 0 aliphatic heterocycles. The molecule has 5 nitrogen and oxygen atoms in total. The maximum atomic E-state index is 12.6. The first kappa shape index (κ1) is 17.5. The van der Waals surface area contributed by atoms with Crippen LogP contribution in [0.1, 0.15) is 0 Å². The summed E-state index contributed by atoms with van der Waals surface area (Å²) in [6, 6.07) is 19.5. The summed E-state index contributed by atoms with van der Waals surface area (Å²) in [6.45, 7) is 0. The first-order chi connectivity index (χ1) is 13.0. The van der Waals surface area contributed by atoms with Gasteiger partial charge in [0.25, 0.3) is 10.0 Å². The van der Waals surface area contributed by atoms with E-state index in [1.807, 2.05) is 42.5 Å². The Morgan fingerprint density at radius 2 is 1.59 bits per heavy atom. The summed E-state index contributed by atoms with van der Waals surface area (Å²) in [6.07, 6.45) is 3.07. The molecular formula is C20H14ClN3O2S. The van der Waals surface area contributed by atoms with Gasteiger partial charge in [-0.25, -0.2) is 4.98 Å². The number of rotatable bonds is 4. The smallest absolute Gasteiger partial charge is 0.276 e. The van der Waals surface area contributed by atoms with E-state index in [1.54, 1.807) is 24.4 Å². The van der Waals surface area contributed by atoms with Crippen LogP contribution in [0.3, 0.4) is 0 Å². The third-order valence-corrected chi connectivity index (χ3v) is 5.62. The van der Waals surface area contributed by atoms with Crippen molar-refractivity contribution in [2.45, 2.75) is 5.03 Å². The zero-order chi connectivity index (χ0) is 18.9. The normalized spacial score (nSPS) is 11.4. The van der Waals surface area contributed by atoms with Crippen LogP contribution in [0, 0.1) is 0 Å². The number of anilines is 1. The zero-order valence-electron chi connectivity index (χ0n) is 14.0. The number of nitrogens with one attached hydrogen (secondary N) is 1. The highest BCUT2D eigenvalue weighted by Crippen LogP contribution is 2.33. The molecule has 2 aromatic heterocycles. The lowest BCUT2D eigenvalue weighted by molar-refractivity contribution is 0.597. The number of hydrogen-bond donors (Lipinski definition) is 1. The molecular weight excluding hydrogens is 382 g/mol. The van der Waals surface area contributed by atoms with Gasteiger partial charge in [0, 0.05) is 22.8 Å². The Kier molecular flexibility index (Phi) is 4.51. The van der Waals surface area contributed by atoms with E-state index in [9.17, 15) is 8.42 Å². The highest BCUT2D eigenvalue weighted by Gasteiger charge is 2.18. The van der Waals surface area contributed by atoms with Crippen molar-refractivity contribution in [3.63, 3.8) is 0 Å². The maximum Gasteiger partial charge on any atom is 0.279 e. The van der Waals surface area contributed by atoms with Crippen LogP contribution in [-0.2, 0) is 10.0 Å². The Bertz CT molecular complexity index is 1210. The number of nitrogens with zero attached hydrogens (tertiary/aromatic N) is 2. The third kappa shape index (κ3) is 3.49. The van der Waals surface area contributed by atoms with Crippen molar-refractivity contribution in [2.24, 2.45) is 0 Å².